The van der Waals surface area contributed by atoms with Crippen molar-refractivity contribution in [1.82, 2.24) is 25.5 Å². The number of aromatic nitrogens is 4. The van der Waals surface area contributed by atoms with Gasteiger partial charge in [-0.15, -0.1) is 10.2 Å². The molecule has 0 saturated heterocycles. The van der Waals surface area contributed by atoms with Crippen molar-refractivity contribution in [2.75, 3.05) is 0 Å². The Morgan fingerprint density at radius 1 is 1.20 bits per heavy atom. The number of nitrogens with one attached hydrogen (secondary N) is 1. The van der Waals surface area contributed by atoms with Crippen LogP contribution in [0.25, 0.3) is 11.4 Å². The van der Waals surface area contributed by atoms with E-state index in [4.69, 9.17) is 0 Å². The van der Waals surface area contributed by atoms with E-state index in [1.807, 2.05) is 38.1 Å². The van der Waals surface area contributed by atoms with Gasteiger partial charge in [0, 0.05) is 5.56 Å². The van der Waals surface area contributed by atoms with Gasteiger partial charge in [-0.1, -0.05) is 36.4 Å². The van der Waals surface area contributed by atoms with Crippen LogP contribution in [0.5, 0.6) is 0 Å². The highest BCUT2D eigenvalue weighted by Gasteiger charge is 2.13. The number of carbonyl (C=O) groups is 1. The molecule has 0 radical (unpaired) electrons. The zero-order valence-electron chi connectivity index (χ0n) is 14.0. The fraction of sp³-hybridized carbons (Fsp3) is 0.222. The third-order valence-electron chi connectivity index (χ3n) is 3.87. The highest BCUT2D eigenvalue weighted by molar-refractivity contribution is 5.76. The van der Waals surface area contributed by atoms with Crippen LogP contribution < -0.4 is 5.32 Å². The number of amides is 1. The van der Waals surface area contributed by atoms with Gasteiger partial charge in [0.2, 0.25) is 11.7 Å². The average Bonchev–Trinajstić information content (AvgIpc) is 3.03. The highest BCUT2D eigenvalue weighted by Crippen LogP contribution is 2.18. The van der Waals surface area contributed by atoms with Gasteiger partial charge in [-0.05, 0) is 42.3 Å². The van der Waals surface area contributed by atoms with Gasteiger partial charge in [0.25, 0.3) is 0 Å². The van der Waals surface area contributed by atoms with E-state index in [1.165, 1.54) is 16.9 Å². The van der Waals surface area contributed by atoms with Crippen LogP contribution in [-0.2, 0) is 11.3 Å². The first-order chi connectivity index (χ1) is 12.0. The molecule has 1 heterocycles. The maximum atomic E-state index is 13.0. The minimum Gasteiger partial charge on any atom is -0.348 e. The Morgan fingerprint density at radius 2 is 1.92 bits per heavy atom. The summed E-state index contributed by atoms with van der Waals surface area (Å²) in [7, 11) is 0. The second kappa shape index (κ2) is 7.21. The van der Waals surface area contributed by atoms with Gasteiger partial charge in [0.1, 0.15) is 12.4 Å². The molecule has 25 heavy (non-hydrogen) atoms. The van der Waals surface area contributed by atoms with Crippen LogP contribution in [0.15, 0.2) is 48.5 Å². The first kappa shape index (κ1) is 16.8. The molecule has 7 heteroatoms. The van der Waals surface area contributed by atoms with Crippen LogP contribution in [0.2, 0.25) is 0 Å². The molecule has 1 aromatic heterocycles. The van der Waals surface area contributed by atoms with Crippen molar-refractivity contribution in [3.8, 4) is 11.4 Å². The lowest BCUT2D eigenvalue weighted by Gasteiger charge is -2.13. The van der Waals surface area contributed by atoms with E-state index in [0.29, 0.717) is 5.82 Å². The molecule has 0 bridgehead atoms. The lowest BCUT2D eigenvalue weighted by molar-refractivity contribution is -0.122. The van der Waals surface area contributed by atoms with Crippen molar-refractivity contribution in [2.24, 2.45) is 0 Å². The molecule has 0 aliphatic heterocycles. The zero-order valence-corrected chi connectivity index (χ0v) is 14.0. The average molecular weight is 339 g/mol. The molecule has 6 nitrogen and oxygen atoms in total. The van der Waals surface area contributed by atoms with Crippen molar-refractivity contribution in [2.45, 2.75) is 26.4 Å². The number of hydrogen-bond acceptors (Lipinski definition) is 4. The van der Waals surface area contributed by atoms with Crippen LogP contribution in [0.4, 0.5) is 4.39 Å². The summed E-state index contributed by atoms with van der Waals surface area (Å²) in [6, 6.07) is 13.5. The van der Waals surface area contributed by atoms with E-state index in [1.54, 1.807) is 12.1 Å². The summed E-state index contributed by atoms with van der Waals surface area (Å²) in [6.07, 6.45) is 0. The molecule has 0 unspecified atom stereocenters. The Labute approximate surface area is 144 Å². The molecular formula is C18H18FN5O. The standard InChI is InChI=1S/C18H18FN5O/c1-12-5-3-4-6-16(12)18-21-23-24(22-18)11-17(25)20-13(2)14-7-9-15(19)10-8-14/h3-10,13H,11H2,1-2H3,(H,20,25)/t13-/m1/s1. The molecule has 0 spiro atoms. The Balaban J connectivity index is 1.64. The molecule has 3 aromatic rings. The number of carbonyl (C=O) groups excluding carboxylic acids is 1. The molecule has 0 aliphatic rings. The Morgan fingerprint density at radius 3 is 2.64 bits per heavy atom. The van der Waals surface area contributed by atoms with E-state index in [-0.39, 0.29) is 24.3 Å². The summed E-state index contributed by atoms with van der Waals surface area (Å²) >= 11 is 0. The summed E-state index contributed by atoms with van der Waals surface area (Å²) in [6.45, 7) is 3.76. The van der Waals surface area contributed by atoms with Crippen molar-refractivity contribution >= 4 is 5.91 Å². The number of nitrogens with zero attached hydrogens (tertiary/aromatic N) is 4. The van der Waals surface area contributed by atoms with Crippen molar-refractivity contribution in [3.05, 3.63) is 65.5 Å². The van der Waals surface area contributed by atoms with Gasteiger partial charge in [0.15, 0.2) is 0 Å². The maximum Gasteiger partial charge on any atom is 0.244 e. The van der Waals surface area contributed by atoms with Gasteiger partial charge < -0.3 is 5.32 Å². The Hall–Kier alpha value is -3.09. The van der Waals surface area contributed by atoms with Crippen molar-refractivity contribution < 1.29 is 9.18 Å². The lowest BCUT2D eigenvalue weighted by atomic mass is 10.1. The first-order valence-corrected chi connectivity index (χ1v) is 7.91. The summed E-state index contributed by atoms with van der Waals surface area (Å²) < 4.78 is 13.0. The number of hydrogen-bond donors (Lipinski definition) is 1. The largest absolute Gasteiger partial charge is 0.348 e. The number of benzene rings is 2. The van der Waals surface area contributed by atoms with Crippen LogP contribution in [0.1, 0.15) is 24.1 Å². The van der Waals surface area contributed by atoms with Gasteiger partial charge >= 0.3 is 0 Å². The second-order valence-corrected chi connectivity index (χ2v) is 5.80. The molecule has 0 fully saturated rings. The predicted molar refractivity (Wildman–Crippen MR) is 90.9 cm³/mol. The molecule has 0 aliphatic carbocycles. The zero-order chi connectivity index (χ0) is 17.8. The van der Waals surface area contributed by atoms with Crippen LogP contribution >= 0.6 is 0 Å². The molecule has 2 aromatic carbocycles. The monoisotopic (exact) mass is 339 g/mol. The minimum absolute atomic E-state index is 0.0373. The summed E-state index contributed by atoms with van der Waals surface area (Å²) in [5, 5.41) is 15.0. The van der Waals surface area contributed by atoms with Crippen LogP contribution in [-0.4, -0.2) is 26.1 Å². The predicted octanol–water partition coefficient (Wildman–Crippen LogP) is 2.67. The number of rotatable bonds is 5. The van der Waals surface area contributed by atoms with Gasteiger partial charge in [-0.2, -0.15) is 4.80 Å². The smallest absolute Gasteiger partial charge is 0.244 e. The third kappa shape index (κ3) is 4.06. The van der Waals surface area contributed by atoms with E-state index in [0.717, 1.165) is 16.7 Å². The number of aryl methyl sites for hydroxylation is 1. The van der Waals surface area contributed by atoms with Crippen molar-refractivity contribution in [1.29, 1.82) is 0 Å². The Bertz CT molecular complexity index is 875. The number of tetrazole rings is 1. The summed E-state index contributed by atoms with van der Waals surface area (Å²) in [5.41, 5.74) is 2.74. The molecule has 1 amide bonds. The second-order valence-electron chi connectivity index (χ2n) is 5.80. The quantitative estimate of drug-likeness (QED) is 0.776. The minimum atomic E-state index is -0.308. The van der Waals surface area contributed by atoms with E-state index in [9.17, 15) is 9.18 Å². The summed E-state index contributed by atoms with van der Waals surface area (Å²) in [4.78, 5) is 13.4. The Kier molecular flexibility index (Phi) is 4.83. The topological polar surface area (TPSA) is 72.7 Å². The van der Waals surface area contributed by atoms with E-state index in [2.05, 4.69) is 20.7 Å². The molecule has 0 saturated carbocycles. The van der Waals surface area contributed by atoms with Gasteiger partial charge in [-0.25, -0.2) is 4.39 Å². The molecule has 1 N–H and O–H groups in total. The van der Waals surface area contributed by atoms with Crippen LogP contribution in [0, 0.1) is 12.7 Å². The first-order valence-electron chi connectivity index (χ1n) is 7.91. The van der Waals surface area contributed by atoms with Crippen LogP contribution in [0.3, 0.4) is 0 Å². The van der Waals surface area contributed by atoms with Gasteiger partial charge in [-0.3, -0.25) is 4.79 Å². The SMILES string of the molecule is Cc1ccccc1-c1nnn(CC(=O)N[C@H](C)c2ccc(F)cc2)n1. The third-order valence-corrected chi connectivity index (χ3v) is 3.87. The lowest BCUT2D eigenvalue weighted by Crippen LogP contribution is -2.30. The van der Waals surface area contributed by atoms with E-state index < -0.39 is 0 Å². The highest BCUT2D eigenvalue weighted by atomic mass is 19.1. The summed E-state index contributed by atoms with van der Waals surface area (Å²) in [5.74, 6) is -0.0686. The van der Waals surface area contributed by atoms with Gasteiger partial charge in [0.05, 0.1) is 6.04 Å². The van der Waals surface area contributed by atoms with Crippen molar-refractivity contribution in [3.63, 3.8) is 0 Å². The molecule has 3 rings (SSSR count). The number of halogens is 1. The molecular weight excluding hydrogens is 321 g/mol. The normalized spacial score (nSPS) is 12.0. The molecule has 128 valence electrons. The maximum absolute atomic E-state index is 13.0. The fourth-order valence-electron chi connectivity index (χ4n) is 2.49. The van der Waals surface area contributed by atoms with E-state index >= 15 is 0 Å². The molecule has 1 atom stereocenters. The fourth-order valence-corrected chi connectivity index (χ4v) is 2.49.